The predicted octanol–water partition coefficient (Wildman–Crippen LogP) is 1.10. The highest BCUT2D eigenvalue weighted by Crippen LogP contribution is 2.11. The van der Waals surface area contributed by atoms with Crippen LogP contribution in [0.2, 0.25) is 5.28 Å². The minimum atomic E-state index is 0.404. The van der Waals surface area contributed by atoms with Crippen LogP contribution in [-0.2, 0) is 6.54 Å². The van der Waals surface area contributed by atoms with E-state index in [1.165, 1.54) is 0 Å². The van der Waals surface area contributed by atoms with Gasteiger partial charge in [0, 0.05) is 12.2 Å². The van der Waals surface area contributed by atoms with Crippen LogP contribution in [0.3, 0.4) is 0 Å². The van der Waals surface area contributed by atoms with Crippen LogP contribution in [-0.4, -0.2) is 21.6 Å². The van der Waals surface area contributed by atoms with Gasteiger partial charge in [0.15, 0.2) is 5.65 Å². The molecule has 0 aliphatic heterocycles. The van der Waals surface area contributed by atoms with Gasteiger partial charge in [0.05, 0.1) is 0 Å². The van der Waals surface area contributed by atoms with Crippen LogP contribution in [0, 0.1) is 0 Å². The van der Waals surface area contributed by atoms with Crippen molar-refractivity contribution in [3.05, 3.63) is 29.2 Å². The lowest BCUT2D eigenvalue weighted by atomic mass is 10.3. The van der Waals surface area contributed by atoms with Crippen molar-refractivity contribution >= 4 is 17.2 Å². The summed E-state index contributed by atoms with van der Waals surface area (Å²) >= 11 is 5.88. The molecule has 1 N–H and O–H groups in total. The summed E-state index contributed by atoms with van der Waals surface area (Å²) in [7, 11) is 1.89. The molecule has 0 aliphatic carbocycles. The van der Waals surface area contributed by atoms with Gasteiger partial charge in [0.25, 0.3) is 0 Å². The van der Waals surface area contributed by atoms with Crippen LogP contribution in [0.25, 0.3) is 5.65 Å². The number of hydrogen-bond donors (Lipinski definition) is 1. The van der Waals surface area contributed by atoms with Gasteiger partial charge in [-0.2, -0.15) is 0 Å². The average Bonchev–Trinajstić information content (AvgIpc) is 2.50. The first-order valence-corrected chi connectivity index (χ1v) is 4.34. The molecule has 2 aromatic rings. The van der Waals surface area contributed by atoms with E-state index < -0.39 is 0 Å². The first kappa shape index (κ1) is 8.47. The second kappa shape index (κ2) is 3.32. The summed E-state index contributed by atoms with van der Waals surface area (Å²) in [6.45, 7) is 0.745. The van der Waals surface area contributed by atoms with Gasteiger partial charge in [-0.25, -0.2) is 0 Å². The Labute approximate surface area is 80.5 Å². The molecule has 0 amide bonds. The number of pyridine rings is 1. The first-order valence-electron chi connectivity index (χ1n) is 3.96. The van der Waals surface area contributed by atoms with Crippen molar-refractivity contribution in [3.63, 3.8) is 0 Å². The van der Waals surface area contributed by atoms with Crippen molar-refractivity contribution in [1.82, 2.24) is 19.9 Å². The highest BCUT2D eigenvalue weighted by atomic mass is 35.5. The van der Waals surface area contributed by atoms with Gasteiger partial charge >= 0.3 is 0 Å². The summed E-state index contributed by atoms with van der Waals surface area (Å²) in [5, 5.41) is 11.2. The summed E-state index contributed by atoms with van der Waals surface area (Å²) in [5.74, 6) is 0. The Morgan fingerprint density at radius 1 is 1.46 bits per heavy atom. The van der Waals surface area contributed by atoms with Gasteiger partial charge < -0.3 is 5.32 Å². The Morgan fingerprint density at radius 2 is 2.31 bits per heavy atom. The summed E-state index contributed by atoms with van der Waals surface area (Å²) in [6.07, 6.45) is 0. The van der Waals surface area contributed by atoms with E-state index in [9.17, 15) is 0 Å². The number of rotatable bonds is 2. The van der Waals surface area contributed by atoms with E-state index in [-0.39, 0.29) is 0 Å². The number of aromatic nitrogens is 3. The zero-order valence-corrected chi connectivity index (χ0v) is 7.91. The third-order valence-electron chi connectivity index (χ3n) is 1.83. The van der Waals surface area contributed by atoms with E-state index in [1.54, 1.807) is 0 Å². The molecule has 2 heterocycles. The Bertz CT molecular complexity index is 423. The van der Waals surface area contributed by atoms with Crippen molar-refractivity contribution in [3.8, 4) is 0 Å². The van der Waals surface area contributed by atoms with Gasteiger partial charge in [-0.05, 0) is 30.8 Å². The number of halogens is 1. The third-order valence-corrected chi connectivity index (χ3v) is 2.07. The van der Waals surface area contributed by atoms with E-state index in [1.807, 2.05) is 29.6 Å². The van der Waals surface area contributed by atoms with Gasteiger partial charge in [-0.1, -0.05) is 6.07 Å². The Kier molecular flexibility index (Phi) is 2.16. The molecule has 4 nitrogen and oxygen atoms in total. The molecular weight excluding hydrogens is 188 g/mol. The van der Waals surface area contributed by atoms with Crippen LogP contribution in [0.4, 0.5) is 0 Å². The Morgan fingerprint density at radius 3 is 3.08 bits per heavy atom. The lowest BCUT2D eigenvalue weighted by molar-refractivity contribution is 0.776. The monoisotopic (exact) mass is 196 g/mol. The van der Waals surface area contributed by atoms with E-state index in [0.29, 0.717) is 5.28 Å². The highest BCUT2D eigenvalue weighted by Gasteiger charge is 2.05. The maximum absolute atomic E-state index is 5.88. The van der Waals surface area contributed by atoms with E-state index >= 15 is 0 Å². The van der Waals surface area contributed by atoms with Crippen molar-refractivity contribution in [2.45, 2.75) is 6.54 Å². The van der Waals surface area contributed by atoms with Crippen molar-refractivity contribution in [1.29, 1.82) is 0 Å². The molecule has 5 heteroatoms. The minimum absolute atomic E-state index is 0.404. The molecular formula is C8H9ClN4. The molecule has 0 radical (unpaired) electrons. The molecule has 0 fully saturated rings. The lowest BCUT2D eigenvalue weighted by Crippen LogP contribution is -2.09. The van der Waals surface area contributed by atoms with Crippen molar-refractivity contribution in [2.24, 2.45) is 0 Å². The Balaban J connectivity index is 2.65. The molecule has 0 aromatic carbocycles. The maximum atomic E-state index is 5.88. The fraction of sp³-hybridized carbons (Fsp3) is 0.250. The zero-order chi connectivity index (χ0) is 9.26. The summed E-state index contributed by atoms with van der Waals surface area (Å²) in [4.78, 5) is 0. The number of fused-ring (bicyclic) bond motifs is 1. The van der Waals surface area contributed by atoms with Gasteiger partial charge in [-0.3, -0.25) is 4.40 Å². The summed E-state index contributed by atoms with van der Waals surface area (Å²) < 4.78 is 1.82. The molecule has 13 heavy (non-hydrogen) atoms. The highest BCUT2D eigenvalue weighted by molar-refractivity contribution is 6.28. The standard InChI is InChI=1S/C8H9ClN4/c1-10-5-6-3-2-4-7-11-12-8(9)13(6)7/h2-4,10H,5H2,1H3. The summed E-state index contributed by atoms with van der Waals surface area (Å²) in [6, 6.07) is 5.80. The number of nitrogens with one attached hydrogen (secondary N) is 1. The second-order valence-corrected chi connectivity index (χ2v) is 3.05. The predicted molar refractivity (Wildman–Crippen MR) is 50.8 cm³/mol. The van der Waals surface area contributed by atoms with Crippen molar-refractivity contribution < 1.29 is 0 Å². The van der Waals surface area contributed by atoms with Crippen LogP contribution < -0.4 is 5.32 Å². The van der Waals surface area contributed by atoms with Gasteiger partial charge in [-0.15, -0.1) is 10.2 Å². The lowest BCUT2D eigenvalue weighted by Gasteiger charge is -2.03. The van der Waals surface area contributed by atoms with Crippen LogP contribution in [0.1, 0.15) is 5.69 Å². The smallest absolute Gasteiger partial charge is 0.229 e. The van der Waals surface area contributed by atoms with Gasteiger partial charge in [0.1, 0.15) is 0 Å². The second-order valence-electron chi connectivity index (χ2n) is 2.71. The van der Waals surface area contributed by atoms with E-state index in [0.717, 1.165) is 17.9 Å². The number of nitrogens with zero attached hydrogens (tertiary/aromatic N) is 3. The fourth-order valence-corrected chi connectivity index (χ4v) is 1.52. The van der Waals surface area contributed by atoms with Crippen molar-refractivity contribution in [2.75, 3.05) is 7.05 Å². The SMILES string of the molecule is CNCc1cccc2nnc(Cl)n12. The molecule has 0 atom stereocenters. The molecule has 0 saturated heterocycles. The zero-order valence-electron chi connectivity index (χ0n) is 7.16. The molecule has 0 bridgehead atoms. The topological polar surface area (TPSA) is 42.2 Å². The Hall–Kier alpha value is -1.13. The summed E-state index contributed by atoms with van der Waals surface area (Å²) in [5.41, 5.74) is 1.83. The van der Waals surface area contributed by atoms with Crippen LogP contribution >= 0.6 is 11.6 Å². The van der Waals surface area contributed by atoms with Gasteiger partial charge in [0.2, 0.25) is 5.28 Å². The van der Waals surface area contributed by atoms with E-state index in [2.05, 4.69) is 15.5 Å². The average molecular weight is 197 g/mol. The molecule has 68 valence electrons. The largest absolute Gasteiger partial charge is 0.314 e. The third kappa shape index (κ3) is 1.38. The fourth-order valence-electron chi connectivity index (χ4n) is 1.29. The molecule has 0 aliphatic rings. The van der Waals surface area contributed by atoms with Crippen LogP contribution in [0.15, 0.2) is 18.2 Å². The molecule has 0 unspecified atom stereocenters. The quantitative estimate of drug-likeness (QED) is 0.782. The minimum Gasteiger partial charge on any atom is -0.314 e. The molecule has 0 spiro atoms. The van der Waals surface area contributed by atoms with Crippen LogP contribution in [0.5, 0.6) is 0 Å². The molecule has 2 aromatic heterocycles. The first-order chi connectivity index (χ1) is 6.33. The maximum Gasteiger partial charge on any atom is 0.229 e. The van der Waals surface area contributed by atoms with E-state index in [4.69, 9.17) is 11.6 Å². The number of hydrogen-bond acceptors (Lipinski definition) is 3. The molecule has 0 saturated carbocycles. The normalized spacial score (nSPS) is 10.9. The molecule has 2 rings (SSSR count).